The van der Waals surface area contributed by atoms with Gasteiger partial charge in [0.15, 0.2) is 11.5 Å². The second kappa shape index (κ2) is 9.34. The van der Waals surface area contributed by atoms with Crippen molar-refractivity contribution in [1.29, 1.82) is 0 Å². The number of hydrogen-bond acceptors (Lipinski definition) is 6. The molecule has 3 heterocycles. The Morgan fingerprint density at radius 3 is 2.74 bits per heavy atom. The maximum Gasteiger partial charge on any atom is 0.255 e. The zero-order chi connectivity index (χ0) is 25.4. The van der Waals surface area contributed by atoms with Crippen molar-refractivity contribution in [1.82, 2.24) is 24.6 Å². The van der Waals surface area contributed by atoms with Crippen molar-refractivity contribution in [3.63, 3.8) is 0 Å². The number of H-pyrrole nitrogens is 1. The van der Waals surface area contributed by atoms with Crippen LogP contribution in [-0.2, 0) is 9.53 Å². The predicted molar refractivity (Wildman–Crippen MR) is 124 cm³/mol. The van der Waals surface area contributed by atoms with Gasteiger partial charge in [-0.2, -0.15) is 5.10 Å². The minimum absolute atomic E-state index is 0.0120. The molecule has 1 saturated heterocycles. The Morgan fingerprint density at radius 2 is 2.11 bits per heavy atom. The fourth-order valence-electron chi connectivity index (χ4n) is 4.50. The van der Waals surface area contributed by atoms with Gasteiger partial charge in [0, 0.05) is 33.7 Å². The number of anilines is 1. The van der Waals surface area contributed by atoms with Crippen molar-refractivity contribution in [3.05, 3.63) is 40.3 Å². The molecule has 1 fully saturated rings. The summed E-state index contributed by atoms with van der Waals surface area (Å²) in [6.45, 7) is 3.78. The first-order valence-electron chi connectivity index (χ1n) is 10.9. The van der Waals surface area contributed by atoms with Crippen LogP contribution in [0.5, 0.6) is 0 Å². The summed E-state index contributed by atoms with van der Waals surface area (Å²) in [5.74, 6) is 3.08. The second-order valence-electron chi connectivity index (χ2n) is 8.32. The van der Waals surface area contributed by atoms with Crippen LogP contribution in [0.4, 0.5) is 14.6 Å². The van der Waals surface area contributed by atoms with Crippen LogP contribution in [0.3, 0.4) is 0 Å². The standard InChI is InChI=1S/C23H25F2N7O3/c1-11-28-18-8-16(24)15(20(25)21(18)29-11)5-6-17-19(22(26)34)23(27-3)32(30-17)13-7-14(10-35-4)31(9-13)12(2)33/h8,13-14,27H,7,9-10H2,1-4H3,(H2,26,34)(H,28,29)/t13-,14+/m0/s1. The van der Waals surface area contributed by atoms with Gasteiger partial charge in [-0.05, 0) is 19.3 Å². The van der Waals surface area contributed by atoms with Crippen LogP contribution in [0.2, 0.25) is 0 Å². The molecule has 0 aliphatic carbocycles. The number of nitrogens with two attached hydrogens (primary N) is 1. The topological polar surface area (TPSA) is 131 Å². The van der Waals surface area contributed by atoms with Gasteiger partial charge in [0.2, 0.25) is 5.91 Å². The number of likely N-dealkylation sites (tertiary alicyclic amines) is 1. The van der Waals surface area contributed by atoms with Gasteiger partial charge >= 0.3 is 0 Å². The van der Waals surface area contributed by atoms with Gasteiger partial charge in [-0.25, -0.2) is 18.4 Å². The Kier molecular flexibility index (Phi) is 6.45. The summed E-state index contributed by atoms with van der Waals surface area (Å²) in [6.07, 6.45) is 0.521. The molecule has 2 amide bonds. The summed E-state index contributed by atoms with van der Waals surface area (Å²) in [5.41, 5.74) is 5.24. The quantitative estimate of drug-likeness (QED) is 0.472. The second-order valence-corrected chi connectivity index (χ2v) is 8.32. The van der Waals surface area contributed by atoms with Crippen LogP contribution in [0.25, 0.3) is 11.0 Å². The highest BCUT2D eigenvalue weighted by Gasteiger charge is 2.37. The van der Waals surface area contributed by atoms with E-state index in [4.69, 9.17) is 10.5 Å². The lowest BCUT2D eigenvalue weighted by Crippen LogP contribution is -2.36. The van der Waals surface area contributed by atoms with E-state index in [1.165, 1.54) is 6.92 Å². The summed E-state index contributed by atoms with van der Waals surface area (Å²) in [6, 6.07) is 0.641. The Bertz CT molecular complexity index is 1390. The van der Waals surface area contributed by atoms with E-state index in [0.717, 1.165) is 6.07 Å². The monoisotopic (exact) mass is 485 g/mol. The number of imidazole rings is 1. The molecule has 0 radical (unpaired) electrons. The molecule has 4 N–H and O–H groups in total. The smallest absolute Gasteiger partial charge is 0.255 e. The number of primary amides is 1. The number of methoxy groups -OCH3 is 1. The predicted octanol–water partition coefficient (Wildman–Crippen LogP) is 1.69. The minimum Gasteiger partial charge on any atom is -0.383 e. The Labute approximate surface area is 199 Å². The van der Waals surface area contributed by atoms with Crippen LogP contribution in [0.15, 0.2) is 6.07 Å². The maximum atomic E-state index is 14.9. The van der Waals surface area contributed by atoms with Crippen LogP contribution < -0.4 is 11.1 Å². The Balaban J connectivity index is 1.79. The molecule has 1 aliphatic rings. The summed E-state index contributed by atoms with van der Waals surface area (Å²) in [7, 11) is 3.14. The van der Waals surface area contributed by atoms with E-state index in [-0.39, 0.29) is 40.3 Å². The van der Waals surface area contributed by atoms with E-state index in [2.05, 4.69) is 32.2 Å². The molecule has 3 aromatic rings. The van der Waals surface area contributed by atoms with Crippen molar-refractivity contribution < 1.29 is 23.1 Å². The summed E-state index contributed by atoms with van der Waals surface area (Å²) >= 11 is 0. The number of carbonyl (C=O) groups is 2. The van der Waals surface area contributed by atoms with Crippen molar-refractivity contribution in [2.75, 3.05) is 32.6 Å². The van der Waals surface area contributed by atoms with Gasteiger partial charge in [0.05, 0.1) is 29.8 Å². The van der Waals surface area contributed by atoms with Crippen molar-refractivity contribution in [3.8, 4) is 11.8 Å². The number of carbonyl (C=O) groups excluding carboxylic acids is 2. The molecule has 0 unspecified atom stereocenters. The fraction of sp³-hybridized carbons (Fsp3) is 0.391. The lowest BCUT2D eigenvalue weighted by Gasteiger charge is -2.21. The number of rotatable bonds is 5. The molecular formula is C23H25F2N7O3. The molecule has 4 rings (SSSR count). The third-order valence-electron chi connectivity index (χ3n) is 5.99. The normalized spacial score (nSPS) is 17.5. The Morgan fingerprint density at radius 1 is 1.37 bits per heavy atom. The van der Waals surface area contributed by atoms with Crippen molar-refractivity contribution in [2.24, 2.45) is 5.73 Å². The first kappa shape index (κ1) is 24.2. The molecule has 12 heteroatoms. The van der Waals surface area contributed by atoms with Gasteiger partial charge in [-0.15, -0.1) is 0 Å². The largest absolute Gasteiger partial charge is 0.383 e. The number of halogens is 2. The van der Waals surface area contributed by atoms with Gasteiger partial charge in [0.1, 0.15) is 28.5 Å². The number of aromatic nitrogens is 4. The van der Waals surface area contributed by atoms with Crippen molar-refractivity contribution >= 4 is 28.7 Å². The van der Waals surface area contributed by atoms with E-state index in [1.807, 2.05) is 0 Å². The number of amides is 2. The number of fused-ring (bicyclic) bond motifs is 1. The van der Waals surface area contributed by atoms with Crippen LogP contribution in [0, 0.1) is 30.4 Å². The number of aryl methyl sites for hydroxylation is 1. The molecule has 2 aromatic heterocycles. The highest BCUT2D eigenvalue weighted by atomic mass is 19.1. The number of benzene rings is 1. The molecule has 184 valence electrons. The lowest BCUT2D eigenvalue weighted by atomic mass is 10.1. The maximum absolute atomic E-state index is 14.9. The molecule has 0 spiro atoms. The number of nitrogens with zero attached hydrogens (tertiary/aromatic N) is 4. The summed E-state index contributed by atoms with van der Waals surface area (Å²) in [5, 5.41) is 7.36. The van der Waals surface area contributed by atoms with E-state index in [9.17, 15) is 18.4 Å². The average Bonchev–Trinajstić information content (AvgIpc) is 3.48. The van der Waals surface area contributed by atoms with E-state index >= 15 is 0 Å². The lowest BCUT2D eigenvalue weighted by molar-refractivity contribution is -0.130. The first-order valence-corrected chi connectivity index (χ1v) is 10.9. The molecule has 1 aliphatic heterocycles. The molecular weight excluding hydrogens is 460 g/mol. The summed E-state index contributed by atoms with van der Waals surface area (Å²) in [4.78, 5) is 32.9. The van der Waals surface area contributed by atoms with Gasteiger partial charge in [-0.1, -0.05) is 5.92 Å². The number of aromatic amines is 1. The van der Waals surface area contributed by atoms with E-state index in [1.54, 1.807) is 30.7 Å². The third kappa shape index (κ3) is 4.30. The molecule has 35 heavy (non-hydrogen) atoms. The zero-order valence-corrected chi connectivity index (χ0v) is 19.7. The number of hydrogen-bond donors (Lipinski definition) is 3. The SMILES string of the molecule is CNc1c(C(N)=O)c(C#Cc2c(F)cc3[nH]c(C)nc3c2F)nn1[C@H]1C[C@H](COC)N(C(C)=O)C1. The van der Waals surface area contributed by atoms with Crippen LogP contribution >= 0.6 is 0 Å². The van der Waals surface area contributed by atoms with Crippen LogP contribution in [0.1, 0.15) is 46.8 Å². The van der Waals surface area contributed by atoms with Gasteiger partial charge in [0.25, 0.3) is 5.91 Å². The molecule has 1 aromatic carbocycles. The third-order valence-corrected chi connectivity index (χ3v) is 5.99. The van der Waals surface area contributed by atoms with Crippen LogP contribution in [-0.4, -0.2) is 69.8 Å². The van der Waals surface area contributed by atoms with Gasteiger partial charge < -0.3 is 25.7 Å². The number of ether oxygens (including phenoxy) is 1. The summed E-state index contributed by atoms with van der Waals surface area (Å²) < 4.78 is 36.3. The van der Waals surface area contributed by atoms with Crippen molar-refractivity contribution in [2.45, 2.75) is 32.4 Å². The average molecular weight is 485 g/mol. The molecule has 10 nitrogen and oxygen atoms in total. The van der Waals surface area contributed by atoms with E-state index < -0.39 is 23.1 Å². The molecule has 2 atom stereocenters. The van der Waals surface area contributed by atoms with Gasteiger partial charge in [-0.3, -0.25) is 9.59 Å². The molecule has 0 bridgehead atoms. The number of nitrogens with one attached hydrogen (secondary N) is 2. The van der Waals surface area contributed by atoms with E-state index in [0.29, 0.717) is 31.2 Å². The first-order chi connectivity index (χ1) is 16.7. The molecule has 0 saturated carbocycles. The highest BCUT2D eigenvalue weighted by molar-refractivity contribution is 6.00. The highest BCUT2D eigenvalue weighted by Crippen LogP contribution is 2.32. The minimum atomic E-state index is -0.916. The fourth-order valence-corrected chi connectivity index (χ4v) is 4.50. The zero-order valence-electron chi connectivity index (χ0n) is 19.7. The Hall–Kier alpha value is -3.98.